The molecule has 3 N–H and O–H groups in total. The Balaban J connectivity index is 1.36. The van der Waals surface area contributed by atoms with Crippen LogP contribution in [-0.2, 0) is 4.79 Å². The van der Waals surface area contributed by atoms with E-state index < -0.39 is 0 Å². The van der Waals surface area contributed by atoms with Crippen molar-refractivity contribution in [2.24, 2.45) is 17.6 Å². The Bertz CT molecular complexity index is 587. The Hall–Kier alpha value is -1.61. The van der Waals surface area contributed by atoms with E-state index in [4.69, 9.17) is 5.73 Å². The summed E-state index contributed by atoms with van der Waals surface area (Å²) < 4.78 is 0. The van der Waals surface area contributed by atoms with Gasteiger partial charge in [0.05, 0.1) is 0 Å². The number of primary amides is 1. The Morgan fingerprint density at radius 1 is 1.20 bits per heavy atom. The van der Waals surface area contributed by atoms with E-state index in [1.165, 1.54) is 49.7 Å². The van der Waals surface area contributed by atoms with Crippen LogP contribution < -0.4 is 11.1 Å². The lowest BCUT2D eigenvalue weighted by atomic mass is 9.83. The summed E-state index contributed by atoms with van der Waals surface area (Å²) in [5.41, 5.74) is 8.04. The first-order chi connectivity index (χ1) is 12.1. The van der Waals surface area contributed by atoms with Gasteiger partial charge in [-0.2, -0.15) is 0 Å². The molecular formula is C22H32N2O. The van der Waals surface area contributed by atoms with Crippen LogP contribution in [0.25, 0.3) is 6.08 Å². The topological polar surface area (TPSA) is 55.1 Å². The third-order valence-corrected chi connectivity index (χ3v) is 5.90. The molecule has 2 fully saturated rings. The van der Waals surface area contributed by atoms with Crippen molar-refractivity contribution in [3.63, 3.8) is 0 Å². The first kappa shape index (κ1) is 18.2. The van der Waals surface area contributed by atoms with Crippen molar-refractivity contribution >= 4 is 12.0 Å². The molecular weight excluding hydrogens is 308 g/mol. The molecule has 1 aromatic carbocycles. The quantitative estimate of drug-likeness (QED) is 0.742. The molecule has 3 nitrogen and oxygen atoms in total. The number of carbonyl (C=O) groups excluding carboxylic acids is 1. The van der Waals surface area contributed by atoms with Crippen molar-refractivity contribution in [1.29, 1.82) is 0 Å². The molecule has 2 aliphatic carbocycles. The van der Waals surface area contributed by atoms with Crippen molar-refractivity contribution in [3.8, 4) is 0 Å². The Kier molecular flexibility index (Phi) is 6.30. The molecule has 0 saturated heterocycles. The van der Waals surface area contributed by atoms with E-state index >= 15 is 0 Å². The van der Waals surface area contributed by atoms with Gasteiger partial charge in [-0.05, 0) is 69.3 Å². The van der Waals surface area contributed by atoms with Crippen LogP contribution in [0, 0.1) is 11.8 Å². The molecule has 2 saturated carbocycles. The smallest absolute Gasteiger partial charge is 0.217 e. The number of carbonyl (C=O) groups is 1. The molecule has 0 heterocycles. The molecule has 0 unspecified atom stereocenters. The summed E-state index contributed by atoms with van der Waals surface area (Å²) >= 11 is 0. The van der Waals surface area contributed by atoms with Crippen molar-refractivity contribution < 1.29 is 4.79 Å². The second-order valence-corrected chi connectivity index (χ2v) is 7.99. The van der Waals surface area contributed by atoms with E-state index in [1.54, 1.807) is 0 Å². The van der Waals surface area contributed by atoms with Gasteiger partial charge in [0.15, 0.2) is 0 Å². The predicted molar refractivity (Wildman–Crippen MR) is 104 cm³/mol. The second kappa shape index (κ2) is 8.66. The number of hydrogen-bond donors (Lipinski definition) is 2. The summed E-state index contributed by atoms with van der Waals surface area (Å²) in [7, 11) is 0. The van der Waals surface area contributed by atoms with E-state index in [2.05, 4.69) is 48.6 Å². The number of nitrogens with one attached hydrogen (secondary N) is 1. The average molecular weight is 341 g/mol. The molecule has 3 rings (SSSR count). The first-order valence-corrected chi connectivity index (χ1v) is 9.89. The molecule has 2 aliphatic rings. The fraction of sp³-hybridized carbons (Fsp3) is 0.591. The first-order valence-electron chi connectivity index (χ1n) is 9.89. The largest absolute Gasteiger partial charge is 0.370 e. The van der Waals surface area contributed by atoms with Crippen LogP contribution in [0.4, 0.5) is 0 Å². The van der Waals surface area contributed by atoms with Gasteiger partial charge in [0.2, 0.25) is 5.91 Å². The maximum absolute atomic E-state index is 10.8. The minimum Gasteiger partial charge on any atom is -0.370 e. The van der Waals surface area contributed by atoms with E-state index in [0.29, 0.717) is 24.4 Å². The van der Waals surface area contributed by atoms with E-state index in [9.17, 15) is 4.79 Å². The number of amides is 1. The van der Waals surface area contributed by atoms with Gasteiger partial charge >= 0.3 is 0 Å². The highest BCUT2D eigenvalue weighted by atomic mass is 16.1. The highest BCUT2D eigenvalue weighted by Crippen LogP contribution is 2.39. The Morgan fingerprint density at radius 3 is 2.60 bits per heavy atom. The number of hydrogen-bond acceptors (Lipinski definition) is 2. The molecule has 0 bridgehead atoms. The van der Waals surface area contributed by atoms with Gasteiger partial charge in [-0.1, -0.05) is 42.0 Å². The third kappa shape index (κ3) is 5.71. The van der Waals surface area contributed by atoms with Gasteiger partial charge in [-0.3, -0.25) is 4.79 Å². The van der Waals surface area contributed by atoms with Gasteiger partial charge in [0, 0.05) is 18.5 Å². The summed E-state index contributed by atoms with van der Waals surface area (Å²) in [5, 5.41) is 3.89. The van der Waals surface area contributed by atoms with Crippen LogP contribution in [-0.4, -0.2) is 18.0 Å². The van der Waals surface area contributed by atoms with Crippen LogP contribution in [0.15, 0.2) is 35.9 Å². The molecule has 0 spiro atoms. The summed E-state index contributed by atoms with van der Waals surface area (Å²) in [6.45, 7) is 2.27. The zero-order valence-electron chi connectivity index (χ0n) is 15.4. The number of nitrogens with two attached hydrogens (primary N) is 1. The van der Waals surface area contributed by atoms with Gasteiger partial charge in [-0.15, -0.1) is 0 Å². The number of rotatable bonds is 8. The van der Waals surface area contributed by atoms with Gasteiger partial charge in [-0.25, -0.2) is 0 Å². The number of benzene rings is 1. The van der Waals surface area contributed by atoms with Gasteiger partial charge in [0.1, 0.15) is 0 Å². The molecule has 3 heteroatoms. The normalized spacial score (nSPS) is 29.4. The van der Waals surface area contributed by atoms with Crippen LogP contribution in [0.2, 0.25) is 0 Å². The molecule has 25 heavy (non-hydrogen) atoms. The van der Waals surface area contributed by atoms with Crippen LogP contribution in [0.5, 0.6) is 0 Å². The van der Waals surface area contributed by atoms with Crippen molar-refractivity contribution in [3.05, 3.63) is 41.5 Å². The third-order valence-electron chi connectivity index (χ3n) is 5.90. The summed E-state index contributed by atoms with van der Waals surface area (Å²) in [6, 6.07) is 12.0. The average Bonchev–Trinajstić information content (AvgIpc) is 3.36. The van der Waals surface area contributed by atoms with Gasteiger partial charge < -0.3 is 11.1 Å². The van der Waals surface area contributed by atoms with Crippen LogP contribution in [0.1, 0.15) is 63.9 Å². The van der Waals surface area contributed by atoms with E-state index in [1.807, 2.05) is 0 Å². The molecule has 0 aliphatic heterocycles. The minimum atomic E-state index is -0.158. The Morgan fingerprint density at radius 2 is 1.92 bits per heavy atom. The van der Waals surface area contributed by atoms with Crippen molar-refractivity contribution in [2.45, 2.75) is 70.4 Å². The van der Waals surface area contributed by atoms with Gasteiger partial charge in [0.25, 0.3) is 0 Å². The standard InChI is InChI=1S/C22H32N2O/c1-16(14-18-6-3-2-4-7-18)20-15-21(20)24-19-12-10-17(11-13-19)8-5-9-22(23)25/h2-4,6-7,14,17,19-21,24H,5,8-13,15H2,1H3,(H2,23,25)/b16-14+/t17?,19?,20-,21+/m0/s1. The minimum absolute atomic E-state index is 0.158. The molecule has 0 radical (unpaired) electrons. The summed E-state index contributed by atoms with van der Waals surface area (Å²) in [4.78, 5) is 10.8. The highest BCUT2D eigenvalue weighted by Gasteiger charge is 2.39. The maximum atomic E-state index is 10.8. The summed E-state index contributed by atoms with van der Waals surface area (Å²) in [5.74, 6) is 1.36. The molecule has 0 aromatic heterocycles. The van der Waals surface area contributed by atoms with Crippen LogP contribution in [0.3, 0.4) is 0 Å². The lowest BCUT2D eigenvalue weighted by Gasteiger charge is -2.29. The Labute approximate surface area is 152 Å². The molecule has 2 atom stereocenters. The fourth-order valence-corrected chi connectivity index (χ4v) is 4.29. The van der Waals surface area contributed by atoms with Crippen molar-refractivity contribution in [2.75, 3.05) is 0 Å². The zero-order valence-corrected chi connectivity index (χ0v) is 15.4. The van der Waals surface area contributed by atoms with E-state index in [-0.39, 0.29) is 5.91 Å². The highest BCUT2D eigenvalue weighted by molar-refractivity contribution is 5.73. The fourth-order valence-electron chi connectivity index (χ4n) is 4.29. The zero-order chi connectivity index (χ0) is 17.6. The lowest BCUT2D eigenvalue weighted by molar-refractivity contribution is -0.118. The second-order valence-electron chi connectivity index (χ2n) is 7.99. The predicted octanol–water partition coefficient (Wildman–Crippen LogP) is 4.28. The molecule has 136 valence electrons. The maximum Gasteiger partial charge on any atom is 0.217 e. The van der Waals surface area contributed by atoms with Crippen molar-refractivity contribution in [1.82, 2.24) is 5.32 Å². The SMILES string of the molecule is C/C(=C\c1ccccc1)[C@@H]1C[C@H]1NC1CCC(CCCC(N)=O)CC1. The lowest BCUT2D eigenvalue weighted by Crippen LogP contribution is -2.35. The van der Waals surface area contributed by atoms with Crippen LogP contribution >= 0.6 is 0 Å². The van der Waals surface area contributed by atoms with E-state index in [0.717, 1.165) is 12.3 Å². The summed E-state index contributed by atoms with van der Waals surface area (Å²) in [6.07, 6.45) is 11.5. The molecule has 1 aromatic rings. The monoisotopic (exact) mass is 340 g/mol. The molecule has 1 amide bonds.